The van der Waals surface area contributed by atoms with E-state index in [0.717, 1.165) is 30.3 Å². The number of halogens is 1. The number of hydrogen-bond donors (Lipinski definition) is 1. The minimum Gasteiger partial charge on any atom is -0.444 e. The maximum Gasteiger partial charge on any atom is 0.226 e. The average molecular weight is 483 g/mol. The molecule has 1 saturated heterocycles. The Hall–Kier alpha value is -1.61. The molecule has 0 aliphatic carbocycles. The summed E-state index contributed by atoms with van der Waals surface area (Å²) in [5.41, 5.74) is 1.86. The van der Waals surface area contributed by atoms with Crippen LogP contribution in [0.25, 0.3) is 11.5 Å². The van der Waals surface area contributed by atoms with Gasteiger partial charge < -0.3 is 14.6 Å². The molecule has 1 atom stereocenters. The molecule has 0 radical (unpaired) electrons. The summed E-state index contributed by atoms with van der Waals surface area (Å²) < 4.78 is 5.60. The van der Waals surface area contributed by atoms with Gasteiger partial charge in [-0.2, -0.15) is 0 Å². The molecule has 1 aromatic carbocycles. The van der Waals surface area contributed by atoms with Crippen molar-refractivity contribution in [3.05, 3.63) is 42.3 Å². The fraction of sp³-hybridized carbons (Fsp3) is 0.500. The number of likely N-dealkylation sites (tertiary alicyclic amines) is 1. The van der Waals surface area contributed by atoms with E-state index in [0.29, 0.717) is 18.5 Å². The van der Waals surface area contributed by atoms with E-state index in [4.69, 9.17) is 4.42 Å². The lowest BCUT2D eigenvalue weighted by Crippen LogP contribution is -2.45. The number of likely N-dealkylation sites (N-methyl/N-ethyl adjacent to an activating group) is 2. The number of aliphatic imine (C=N–C) groups is 1. The van der Waals surface area contributed by atoms with E-state index < -0.39 is 0 Å². The molecule has 1 fully saturated rings. The van der Waals surface area contributed by atoms with Crippen LogP contribution in [0, 0.1) is 0 Å². The van der Waals surface area contributed by atoms with Crippen molar-refractivity contribution in [3.8, 4) is 11.5 Å². The van der Waals surface area contributed by atoms with Gasteiger partial charge in [0.25, 0.3) is 0 Å². The molecule has 2 heterocycles. The van der Waals surface area contributed by atoms with Crippen molar-refractivity contribution >= 4 is 29.9 Å². The van der Waals surface area contributed by atoms with Gasteiger partial charge in [-0.1, -0.05) is 25.1 Å². The van der Waals surface area contributed by atoms with E-state index in [1.54, 1.807) is 6.26 Å². The second kappa shape index (κ2) is 10.7. The molecule has 1 aromatic heterocycles. The molecule has 148 valence electrons. The molecule has 3 rings (SSSR count). The lowest BCUT2D eigenvalue weighted by molar-refractivity contribution is 0.232. The Kier molecular flexibility index (Phi) is 8.56. The van der Waals surface area contributed by atoms with E-state index in [2.05, 4.69) is 39.1 Å². The number of aromatic nitrogens is 1. The van der Waals surface area contributed by atoms with Crippen LogP contribution in [0.3, 0.4) is 0 Å². The third kappa shape index (κ3) is 5.68. The fourth-order valence-electron chi connectivity index (χ4n) is 3.58. The maximum absolute atomic E-state index is 5.60. The Bertz CT molecular complexity index is 718. The summed E-state index contributed by atoms with van der Waals surface area (Å²) in [4.78, 5) is 13.7. The first-order valence-corrected chi connectivity index (χ1v) is 9.37. The lowest BCUT2D eigenvalue weighted by atomic mass is 10.2. The maximum atomic E-state index is 5.60. The second-order valence-corrected chi connectivity index (χ2v) is 6.72. The van der Waals surface area contributed by atoms with Crippen molar-refractivity contribution in [3.63, 3.8) is 0 Å². The molecule has 1 unspecified atom stereocenters. The first kappa shape index (κ1) is 21.7. The molecule has 0 spiro atoms. The van der Waals surface area contributed by atoms with Crippen LogP contribution in [0.5, 0.6) is 0 Å². The SMILES string of the molecule is CCN1CCCC1CN(C)C(=NC)NCc1coc(-c2ccccc2)n1.I. The Balaban J connectivity index is 0.00000261. The van der Waals surface area contributed by atoms with Crippen LogP contribution in [0.4, 0.5) is 0 Å². The van der Waals surface area contributed by atoms with Crippen LogP contribution in [-0.4, -0.2) is 60.5 Å². The van der Waals surface area contributed by atoms with Crippen molar-refractivity contribution in [2.24, 2.45) is 4.99 Å². The second-order valence-electron chi connectivity index (χ2n) is 6.72. The molecule has 0 amide bonds. The zero-order valence-corrected chi connectivity index (χ0v) is 18.7. The molecule has 1 aliphatic rings. The number of rotatable bonds is 6. The summed E-state index contributed by atoms with van der Waals surface area (Å²) in [5.74, 6) is 1.53. The Morgan fingerprint density at radius 3 is 2.85 bits per heavy atom. The molecular formula is C20H30IN5O. The topological polar surface area (TPSA) is 56.9 Å². The normalized spacial score (nSPS) is 17.6. The number of guanidine groups is 1. The molecule has 7 heteroatoms. The largest absolute Gasteiger partial charge is 0.444 e. The van der Waals surface area contributed by atoms with Gasteiger partial charge in [0.05, 0.1) is 12.2 Å². The number of nitrogens with zero attached hydrogens (tertiary/aromatic N) is 4. The van der Waals surface area contributed by atoms with Gasteiger partial charge in [0.1, 0.15) is 6.26 Å². The highest BCUT2D eigenvalue weighted by Crippen LogP contribution is 2.18. The fourth-order valence-corrected chi connectivity index (χ4v) is 3.58. The van der Waals surface area contributed by atoms with Crippen LogP contribution >= 0.6 is 24.0 Å². The van der Waals surface area contributed by atoms with Gasteiger partial charge in [-0.3, -0.25) is 9.89 Å². The first-order chi connectivity index (χ1) is 12.7. The summed E-state index contributed by atoms with van der Waals surface area (Å²) in [6.45, 7) is 6.14. The highest BCUT2D eigenvalue weighted by molar-refractivity contribution is 14.0. The molecule has 0 saturated carbocycles. The third-order valence-electron chi connectivity index (χ3n) is 4.96. The van der Waals surface area contributed by atoms with Crippen LogP contribution in [0.15, 0.2) is 46.0 Å². The van der Waals surface area contributed by atoms with Crippen LogP contribution in [0.1, 0.15) is 25.5 Å². The van der Waals surface area contributed by atoms with Crippen molar-refractivity contribution in [2.45, 2.75) is 32.4 Å². The Morgan fingerprint density at radius 1 is 1.37 bits per heavy atom. The van der Waals surface area contributed by atoms with Crippen LogP contribution in [0.2, 0.25) is 0 Å². The Labute approximate surface area is 179 Å². The van der Waals surface area contributed by atoms with Crippen LogP contribution in [-0.2, 0) is 6.54 Å². The number of nitrogens with one attached hydrogen (secondary N) is 1. The summed E-state index contributed by atoms with van der Waals surface area (Å²) in [6, 6.07) is 10.6. The number of benzene rings is 1. The monoisotopic (exact) mass is 483 g/mol. The van der Waals surface area contributed by atoms with E-state index >= 15 is 0 Å². The van der Waals surface area contributed by atoms with Gasteiger partial charge >= 0.3 is 0 Å². The summed E-state index contributed by atoms with van der Waals surface area (Å²) in [5, 5.41) is 3.39. The molecule has 2 aromatic rings. The lowest BCUT2D eigenvalue weighted by Gasteiger charge is -2.29. The highest BCUT2D eigenvalue weighted by atomic mass is 127. The van der Waals surface area contributed by atoms with Gasteiger partial charge in [-0.15, -0.1) is 24.0 Å². The summed E-state index contributed by atoms with van der Waals surface area (Å²) in [6.07, 6.45) is 4.26. The van der Waals surface area contributed by atoms with E-state index in [1.807, 2.05) is 37.4 Å². The van der Waals surface area contributed by atoms with Crippen molar-refractivity contribution in [2.75, 3.05) is 33.7 Å². The van der Waals surface area contributed by atoms with Crippen LogP contribution < -0.4 is 5.32 Å². The zero-order valence-electron chi connectivity index (χ0n) is 16.4. The summed E-state index contributed by atoms with van der Waals surface area (Å²) >= 11 is 0. The number of oxazole rings is 1. The molecule has 6 nitrogen and oxygen atoms in total. The molecule has 0 bridgehead atoms. The van der Waals surface area contributed by atoms with Gasteiger partial charge in [-0.25, -0.2) is 4.98 Å². The average Bonchev–Trinajstić information content (AvgIpc) is 3.32. The predicted octanol–water partition coefficient (Wildman–Crippen LogP) is 3.45. The molecular weight excluding hydrogens is 453 g/mol. The van der Waals surface area contributed by atoms with E-state index in [9.17, 15) is 0 Å². The van der Waals surface area contributed by atoms with Gasteiger partial charge in [0.2, 0.25) is 5.89 Å². The van der Waals surface area contributed by atoms with Crippen molar-refractivity contribution in [1.82, 2.24) is 20.1 Å². The third-order valence-corrected chi connectivity index (χ3v) is 4.96. The Morgan fingerprint density at radius 2 is 2.15 bits per heavy atom. The minimum atomic E-state index is 0. The molecule has 1 aliphatic heterocycles. The number of hydrogen-bond acceptors (Lipinski definition) is 4. The first-order valence-electron chi connectivity index (χ1n) is 9.37. The zero-order chi connectivity index (χ0) is 18.4. The van der Waals surface area contributed by atoms with Crippen molar-refractivity contribution < 1.29 is 4.42 Å². The molecule has 27 heavy (non-hydrogen) atoms. The smallest absolute Gasteiger partial charge is 0.226 e. The standard InChI is InChI=1S/C20H29N5O.HI/c1-4-25-12-8-11-18(25)14-24(3)20(21-2)22-13-17-15-26-19(23-17)16-9-6-5-7-10-16;/h5-7,9-10,15,18H,4,8,11-14H2,1-3H3,(H,21,22);1H. The minimum absolute atomic E-state index is 0. The van der Waals surface area contributed by atoms with Gasteiger partial charge in [0.15, 0.2) is 5.96 Å². The predicted molar refractivity (Wildman–Crippen MR) is 120 cm³/mol. The van der Waals surface area contributed by atoms with Gasteiger partial charge in [-0.05, 0) is 38.1 Å². The van der Waals surface area contributed by atoms with Gasteiger partial charge in [0, 0.05) is 32.2 Å². The van der Waals surface area contributed by atoms with E-state index in [1.165, 1.54) is 19.4 Å². The molecule has 1 N–H and O–H groups in total. The quantitative estimate of drug-likeness (QED) is 0.388. The van der Waals surface area contributed by atoms with E-state index in [-0.39, 0.29) is 24.0 Å². The highest BCUT2D eigenvalue weighted by Gasteiger charge is 2.24. The summed E-state index contributed by atoms with van der Waals surface area (Å²) in [7, 11) is 3.92. The van der Waals surface area contributed by atoms with Crippen molar-refractivity contribution in [1.29, 1.82) is 0 Å².